The van der Waals surface area contributed by atoms with Crippen molar-refractivity contribution in [2.45, 2.75) is 13.8 Å². The molecule has 0 radical (unpaired) electrons. The van der Waals surface area contributed by atoms with E-state index in [2.05, 4.69) is 11.6 Å². The Bertz CT molecular complexity index is 105. The summed E-state index contributed by atoms with van der Waals surface area (Å²) in [5.41, 5.74) is 0. The van der Waals surface area contributed by atoms with Crippen molar-refractivity contribution in [3.63, 3.8) is 0 Å². The van der Waals surface area contributed by atoms with Gasteiger partial charge < -0.3 is 0 Å². The highest BCUT2D eigenvalue weighted by Crippen LogP contribution is 1.97. The third kappa shape index (κ3) is 5.70. The maximum Gasteiger partial charge on any atom is 0.121 e. The van der Waals surface area contributed by atoms with E-state index >= 15 is 0 Å². The molecule has 2 heteroatoms. The van der Waals surface area contributed by atoms with Crippen LogP contribution in [0.5, 0.6) is 0 Å². The van der Waals surface area contributed by atoms with Crippen LogP contribution in [0.2, 0.25) is 0 Å². The topological polar surface area (TPSA) is 12.4 Å². The second-order valence-corrected chi connectivity index (χ2v) is 2.33. The van der Waals surface area contributed by atoms with Gasteiger partial charge in [-0.3, -0.25) is 0 Å². The summed E-state index contributed by atoms with van der Waals surface area (Å²) < 4.78 is 0. The molecule has 46 valence electrons. The Hall–Kier alpha value is -0.300. The fourth-order valence-corrected chi connectivity index (χ4v) is 0.286. The van der Waals surface area contributed by atoms with Crippen molar-refractivity contribution in [3.05, 3.63) is 11.7 Å². The normalized spacial score (nSPS) is 11.0. The Morgan fingerprint density at radius 2 is 2.25 bits per heavy atom. The zero-order valence-corrected chi connectivity index (χ0v) is 5.94. The second-order valence-electron chi connectivity index (χ2n) is 1.90. The minimum absolute atomic E-state index is 0.346. The predicted octanol–water partition coefficient (Wildman–Crippen LogP) is 2.42. The summed E-state index contributed by atoms with van der Waals surface area (Å²) in [6, 6.07) is 0. The molecule has 8 heavy (non-hydrogen) atoms. The Morgan fingerprint density at radius 1 is 1.75 bits per heavy atom. The van der Waals surface area contributed by atoms with Crippen molar-refractivity contribution in [1.29, 1.82) is 0 Å². The van der Waals surface area contributed by atoms with Gasteiger partial charge in [0.05, 0.1) is 0 Å². The first-order valence-corrected chi connectivity index (χ1v) is 2.89. The van der Waals surface area contributed by atoms with E-state index in [0.717, 1.165) is 0 Å². The van der Waals surface area contributed by atoms with Gasteiger partial charge in [-0.1, -0.05) is 32.0 Å². The molecule has 0 aliphatic rings. The monoisotopic (exact) mass is 131 g/mol. The summed E-state index contributed by atoms with van der Waals surface area (Å²) in [5, 5.41) is 0.346. The second kappa shape index (κ2) is 3.67. The lowest BCUT2D eigenvalue weighted by Gasteiger charge is -1.89. The summed E-state index contributed by atoms with van der Waals surface area (Å²) in [6.45, 7) is 7.46. The first-order valence-electron chi connectivity index (χ1n) is 2.51. The molecular formula is C6H10ClN. The molecule has 0 aromatic carbocycles. The molecule has 0 saturated heterocycles. The van der Waals surface area contributed by atoms with E-state index in [1.165, 1.54) is 0 Å². The van der Waals surface area contributed by atoms with Crippen molar-refractivity contribution in [1.82, 2.24) is 0 Å². The molecule has 0 spiro atoms. The highest BCUT2D eigenvalue weighted by molar-refractivity contribution is 6.29. The van der Waals surface area contributed by atoms with Crippen molar-refractivity contribution < 1.29 is 0 Å². The minimum atomic E-state index is 0.346. The van der Waals surface area contributed by atoms with Gasteiger partial charge in [0.1, 0.15) is 5.16 Å². The molecule has 1 nitrogen and oxygen atoms in total. The van der Waals surface area contributed by atoms with E-state index in [1.807, 2.05) is 13.8 Å². The molecular weight excluding hydrogens is 122 g/mol. The van der Waals surface area contributed by atoms with Crippen LogP contribution in [0.4, 0.5) is 0 Å². The van der Waals surface area contributed by atoms with E-state index < -0.39 is 0 Å². The van der Waals surface area contributed by atoms with Crippen LogP contribution >= 0.6 is 11.6 Å². The SMILES string of the molecule is C=C(Cl)/N=C\C(C)C. The lowest BCUT2D eigenvalue weighted by molar-refractivity contribution is 0.906. The highest BCUT2D eigenvalue weighted by Gasteiger charge is 1.83. The summed E-state index contributed by atoms with van der Waals surface area (Å²) in [5.74, 6) is 0.450. The Morgan fingerprint density at radius 3 is 2.38 bits per heavy atom. The van der Waals surface area contributed by atoms with Gasteiger partial charge in [0.2, 0.25) is 0 Å². The van der Waals surface area contributed by atoms with E-state index in [9.17, 15) is 0 Å². The molecule has 0 aromatic rings. The van der Waals surface area contributed by atoms with Crippen molar-refractivity contribution in [2.24, 2.45) is 10.9 Å². The smallest absolute Gasteiger partial charge is 0.121 e. The maximum atomic E-state index is 5.33. The number of nitrogens with zero attached hydrogens (tertiary/aromatic N) is 1. The number of rotatable bonds is 2. The number of halogens is 1. The molecule has 0 bridgehead atoms. The van der Waals surface area contributed by atoms with Gasteiger partial charge in [0.25, 0.3) is 0 Å². The van der Waals surface area contributed by atoms with Crippen molar-refractivity contribution in [2.75, 3.05) is 0 Å². The third-order valence-corrected chi connectivity index (χ3v) is 0.610. The largest absolute Gasteiger partial charge is 0.249 e. The lowest BCUT2D eigenvalue weighted by Crippen LogP contribution is -1.85. The third-order valence-electron chi connectivity index (χ3n) is 0.513. The molecule has 0 heterocycles. The van der Waals surface area contributed by atoms with Gasteiger partial charge in [-0.05, 0) is 5.92 Å². The van der Waals surface area contributed by atoms with Crippen LogP contribution in [-0.2, 0) is 0 Å². The Balaban J connectivity index is 3.50. The summed E-state index contributed by atoms with van der Waals surface area (Å²) >= 11 is 5.33. The van der Waals surface area contributed by atoms with Crippen LogP contribution in [0.15, 0.2) is 16.7 Å². The average molecular weight is 132 g/mol. The van der Waals surface area contributed by atoms with Gasteiger partial charge in [-0.2, -0.15) is 0 Å². The molecule has 0 aliphatic heterocycles. The minimum Gasteiger partial charge on any atom is -0.249 e. The van der Waals surface area contributed by atoms with Gasteiger partial charge in [-0.15, -0.1) is 0 Å². The fourth-order valence-electron chi connectivity index (χ4n) is 0.230. The quantitative estimate of drug-likeness (QED) is 0.403. The number of hydrogen-bond acceptors (Lipinski definition) is 1. The van der Waals surface area contributed by atoms with E-state index in [-0.39, 0.29) is 0 Å². The molecule has 0 saturated carbocycles. The van der Waals surface area contributed by atoms with Crippen LogP contribution < -0.4 is 0 Å². The van der Waals surface area contributed by atoms with Crippen molar-refractivity contribution >= 4 is 17.8 Å². The van der Waals surface area contributed by atoms with E-state index in [0.29, 0.717) is 11.1 Å². The number of hydrogen-bond donors (Lipinski definition) is 0. The molecule has 0 aliphatic carbocycles. The predicted molar refractivity (Wildman–Crippen MR) is 38.3 cm³/mol. The Labute approximate surface area is 55.1 Å². The van der Waals surface area contributed by atoms with Crippen LogP contribution in [0.25, 0.3) is 0 Å². The lowest BCUT2D eigenvalue weighted by atomic mass is 10.3. The average Bonchev–Trinajstić information content (AvgIpc) is 1.61. The first-order chi connectivity index (χ1) is 3.63. The van der Waals surface area contributed by atoms with E-state index in [4.69, 9.17) is 11.6 Å². The zero-order valence-electron chi connectivity index (χ0n) is 5.19. The van der Waals surface area contributed by atoms with Gasteiger partial charge in [-0.25, -0.2) is 4.99 Å². The summed E-state index contributed by atoms with van der Waals surface area (Å²) in [4.78, 5) is 3.77. The molecule has 0 fully saturated rings. The molecule has 0 aromatic heterocycles. The maximum absolute atomic E-state index is 5.33. The van der Waals surface area contributed by atoms with E-state index in [1.54, 1.807) is 6.21 Å². The first kappa shape index (κ1) is 7.70. The molecule has 0 rings (SSSR count). The van der Waals surface area contributed by atoms with Gasteiger partial charge in [0.15, 0.2) is 0 Å². The van der Waals surface area contributed by atoms with Crippen LogP contribution in [0, 0.1) is 5.92 Å². The molecule has 0 N–H and O–H groups in total. The number of aliphatic imine (C=N–C) groups is 1. The molecule has 0 atom stereocenters. The van der Waals surface area contributed by atoms with Crippen LogP contribution in [-0.4, -0.2) is 6.21 Å². The summed E-state index contributed by atoms with van der Waals surface area (Å²) in [6.07, 6.45) is 1.76. The molecule has 0 unspecified atom stereocenters. The van der Waals surface area contributed by atoms with Crippen LogP contribution in [0.3, 0.4) is 0 Å². The molecule has 0 amide bonds. The Kier molecular flexibility index (Phi) is 3.53. The standard InChI is InChI=1S/C6H10ClN/c1-5(2)4-8-6(3)7/h4-5H,3H2,1-2H3/b8-4-. The zero-order chi connectivity index (χ0) is 6.57. The van der Waals surface area contributed by atoms with Gasteiger partial charge in [0, 0.05) is 6.21 Å². The van der Waals surface area contributed by atoms with Crippen molar-refractivity contribution in [3.8, 4) is 0 Å². The van der Waals surface area contributed by atoms with Gasteiger partial charge >= 0.3 is 0 Å². The summed E-state index contributed by atoms with van der Waals surface area (Å²) in [7, 11) is 0. The fraction of sp³-hybridized carbons (Fsp3) is 0.500. The van der Waals surface area contributed by atoms with Crippen LogP contribution in [0.1, 0.15) is 13.8 Å². The highest BCUT2D eigenvalue weighted by atomic mass is 35.5.